The fourth-order valence-electron chi connectivity index (χ4n) is 3.05. The predicted molar refractivity (Wildman–Crippen MR) is 124 cm³/mol. The molecule has 0 aliphatic carbocycles. The maximum atomic E-state index is 13.2. The molecule has 8 heteroatoms. The summed E-state index contributed by atoms with van der Waals surface area (Å²) in [6.07, 6.45) is 3.62. The second kappa shape index (κ2) is 13.7. The third-order valence-electron chi connectivity index (χ3n) is 4.65. The van der Waals surface area contributed by atoms with E-state index in [1.165, 1.54) is 38.1 Å². The minimum Gasteiger partial charge on any atom is -0.357 e. The van der Waals surface area contributed by atoms with Crippen LogP contribution in [0.2, 0.25) is 0 Å². The van der Waals surface area contributed by atoms with Crippen molar-refractivity contribution in [1.29, 1.82) is 0 Å². The Hall–Kier alpha value is -1.42. The summed E-state index contributed by atoms with van der Waals surface area (Å²) >= 11 is 0. The van der Waals surface area contributed by atoms with Crippen LogP contribution in [-0.4, -0.2) is 56.0 Å². The number of anilines is 1. The van der Waals surface area contributed by atoms with Crippen LogP contribution in [0, 0.1) is 11.7 Å². The van der Waals surface area contributed by atoms with E-state index in [4.69, 9.17) is 0 Å². The molecule has 1 aliphatic rings. The molecule has 0 atom stereocenters. The number of aliphatic imine (C=N–C) groups is 1. The number of hydrogen-bond acceptors (Lipinski definition) is 3. The number of hydrogen-bond donors (Lipinski definition) is 3. The number of halogens is 2. The van der Waals surface area contributed by atoms with Crippen LogP contribution >= 0.6 is 24.0 Å². The van der Waals surface area contributed by atoms with Gasteiger partial charge in [0.25, 0.3) is 0 Å². The van der Waals surface area contributed by atoms with E-state index in [2.05, 4.69) is 32.8 Å². The molecule has 1 aromatic rings. The van der Waals surface area contributed by atoms with E-state index in [1.54, 1.807) is 12.1 Å². The highest BCUT2D eigenvalue weighted by Crippen LogP contribution is 2.15. The van der Waals surface area contributed by atoms with Crippen LogP contribution in [0.4, 0.5) is 10.1 Å². The van der Waals surface area contributed by atoms with Crippen molar-refractivity contribution in [3.8, 4) is 0 Å². The van der Waals surface area contributed by atoms with Gasteiger partial charge in [-0.1, -0.05) is 13.0 Å². The topological polar surface area (TPSA) is 68.8 Å². The molecule has 0 unspecified atom stereocenters. The first-order chi connectivity index (χ1) is 13.1. The number of nitrogens with one attached hydrogen (secondary N) is 3. The lowest BCUT2D eigenvalue weighted by molar-refractivity contribution is -0.114. The van der Waals surface area contributed by atoms with Gasteiger partial charge >= 0.3 is 0 Å². The van der Waals surface area contributed by atoms with E-state index in [-0.39, 0.29) is 42.2 Å². The van der Waals surface area contributed by atoms with Gasteiger partial charge in [0, 0.05) is 18.8 Å². The zero-order chi connectivity index (χ0) is 19.5. The Morgan fingerprint density at radius 1 is 1.29 bits per heavy atom. The van der Waals surface area contributed by atoms with Crippen LogP contribution in [0.25, 0.3) is 0 Å². The van der Waals surface area contributed by atoms with E-state index < -0.39 is 0 Å². The first-order valence-electron chi connectivity index (χ1n) is 9.86. The SMILES string of the molecule is CCNC(=NCC(=O)Nc1cccc(F)c1)NCCCN1CCC(C)CC1.I. The number of rotatable bonds is 8. The molecule has 158 valence electrons. The van der Waals surface area contributed by atoms with Crippen molar-refractivity contribution in [2.45, 2.75) is 33.1 Å². The summed E-state index contributed by atoms with van der Waals surface area (Å²) in [5, 5.41) is 9.06. The largest absolute Gasteiger partial charge is 0.357 e. The summed E-state index contributed by atoms with van der Waals surface area (Å²) in [6.45, 7) is 9.28. The number of nitrogens with zero attached hydrogens (tertiary/aromatic N) is 2. The van der Waals surface area contributed by atoms with Gasteiger partial charge < -0.3 is 20.9 Å². The Bertz CT molecular complexity index is 620. The van der Waals surface area contributed by atoms with E-state index in [0.717, 1.165) is 32.0 Å². The molecule has 6 nitrogen and oxygen atoms in total. The molecule has 1 amide bonds. The summed E-state index contributed by atoms with van der Waals surface area (Å²) in [7, 11) is 0. The quantitative estimate of drug-likeness (QED) is 0.220. The second-order valence-corrected chi connectivity index (χ2v) is 7.06. The summed E-state index contributed by atoms with van der Waals surface area (Å²) < 4.78 is 13.2. The molecule has 1 fully saturated rings. The lowest BCUT2D eigenvalue weighted by atomic mass is 9.99. The molecule has 0 saturated carbocycles. The van der Waals surface area contributed by atoms with Crippen molar-refractivity contribution < 1.29 is 9.18 Å². The van der Waals surface area contributed by atoms with Gasteiger partial charge in [0.15, 0.2) is 5.96 Å². The molecule has 0 aromatic heterocycles. The van der Waals surface area contributed by atoms with Crippen molar-refractivity contribution in [2.75, 3.05) is 44.6 Å². The Kier molecular flexibility index (Phi) is 12.1. The highest BCUT2D eigenvalue weighted by Gasteiger charge is 2.14. The zero-order valence-electron chi connectivity index (χ0n) is 16.8. The molecule has 2 rings (SSSR count). The van der Waals surface area contributed by atoms with Crippen molar-refractivity contribution in [3.05, 3.63) is 30.1 Å². The van der Waals surface area contributed by atoms with Crippen LogP contribution in [0.3, 0.4) is 0 Å². The normalized spacial score (nSPS) is 15.6. The molecule has 3 N–H and O–H groups in total. The molecule has 0 bridgehead atoms. The Morgan fingerprint density at radius 3 is 2.71 bits per heavy atom. The van der Waals surface area contributed by atoms with Gasteiger partial charge in [0.05, 0.1) is 0 Å². The van der Waals surface area contributed by atoms with Crippen LogP contribution in [-0.2, 0) is 4.79 Å². The third kappa shape index (κ3) is 9.68. The number of benzene rings is 1. The number of likely N-dealkylation sites (tertiary alicyclic amines) is 1. The number of carbonyl (C=O) groups excluding carboxylic acids is 1. The van der Waals surface area contributed by atoms with E-state index in [0.29, 0.717) is 11.6 Å². The predicted octanol–water partition coefficient (Wildman–Crippen LogP) is 3.06. The number of carbonyl (C=O) groups is 1. The molecular weight excluding hydrogens is 472 g/mol. The van der Waals surface area contributed by atoms with E-state index >= 15 is 0 Å². The third-order valence-corrected chi connectivity index (χ3v) is 4.65. The molecule has 1 aliphatic heterocycles. The smallest absolute Gasteiger partial charge is 0.246 e. The average Bonchev–Trinajstić information content (AvgIpc) is 2.64. The van der Waals surface area contributed by atoms with Gasteiger partial charge in [-0.15, -0.1) is 24.0 Å². The van der Waals surface area contributed by atoms with Crippen molar-refractivity contribution in [3.63, 3.8) is 0 Å². The van der Waals surface area contributed by atoms with E-state index in [1.807, 2.05) is 6.92 Å². The van der Waals surface area contributed by atoms with Crippen LogP contribution in [0.5, 0.6) is 0 Å². The van der Waals surface area contributed by atoms with Crippen molar-refractivity contribution in [2.24, 2.45) is 10.9 Å². The zero-order valence-corrected chi connectivity index (χ0v) is 19.2. The average molecular weight is 505 g/mol. The summed E-state index contributed by atoms with van der Waals surface area (Å²) in [5.74, 6) is 0.819. The summed E-state index contributed by atoms with van der Waals surface area (Å²) in [4.78, 5) is 18.8. The molecule has 1 saturated heterocycles. The van der Waals surface area contributed by atoms with Gasteiger partial charge in [-0.2, -0.15) is 0 Å². The Morgan fingerprint density at radius 2 is 2.04 bits per heavy atom. The van der Waals surface area contributed by atoms with Crippen molar-refractivity contribution in [1.82, 2.24) is 15.5 Å². The Labute approximate surface area is 184 Å². The van der Waals surface area contributed by atoms with Gasteiger partial charge in [-0.05, 0) is 69.9 Å². The molecule has 0 radical (unpaired) electrons. The summed E-state index contributed by atoms with van der Waals surface area (Å²) in [6, 6.07) is 5.83. The highest BCUT2D eigenvalue weighted by molar-refractivity contribution is 14.0. The first kappa shape index (κ1) is 24.6. The monoisotopic (exact) mass is 505 g/mol. The maximum Gasteiger partial charge on any atom is 0.246 e. The van der Waals surface area contributed by atoms with Crippen molar-refractivity contribution >= 4 is 41.5 Å². The van der Waals surface area contributed by atoms with Gasteiger partial charge in [0.1, 0.15) is 12.4 Å². The molecular formula is C20H33FIN5O. The van der Waals surface area contributed by atoms with Gasteiger partial charge in [-0.3, -0.25) is 4.79 Å². The fourth-order valence-corrected chi connectivity index (χ4v) is 3.05. The second-order valence-electron chi connectivity index (χ2n) is 7.06. The number of amides is 1. The lowest BCUT2D eigenvalue weighted by Gasteiger charge is -2.30. The molecule has 1 heterocycles. The number of piperidine rings is 1. The first-order valence-corrected chi connectivity index (χ1v) is 9.86. The minimum absolute atomic E-state index is 0. The maximum absolute atomic E-state index is 13.2. The standard InChI is InChI=1S/C20H32FN5O.HI/c1-3-22-20(23-10-5-11-26-12-8-16(2)9-13-26)24-15-19(27)25-18-7-4-6-17(21)14-18;/h4,6-7,14,16H,3,5,8-13,15H2,1-2H3,(H,25,27)(H2,22,23,24);1H. The van der Waals surface area contributed by atoms with Crippen LogP contribution in [0.15, 0.2) is 29.3 Å². The minimum atomic E-state index is -0.380. The van der Waals surface area contributed by atoms with Crippen LogP contribution in [0.1, 0.15) is 33.1 Å². The van der Waals surface area contributed by atoms with Crippen LogP contribution < -0.4 is 16.0 Å². The summed E-state index contributed by atoms with van der Waals surface area (Å²) in [5.41, 5.74) is 0.434. The fraction of sp³-hybridized carbons (Fsp3) is 0.600. The van der Waals surface area contributed by atoms with Gasteiger partial charge in [0.2, 0.25) is 5.91 Å². The molecule has 28 heavy (non-hydrogen) atoms. The lowest BCUT2D eigenvalue weighted by Crippen LogP contribution is -2.40. The number of guanidine groups is 1. The highest BCUT2D eigenvalue weighted by atomic mass is 127. The van der Waals surface area contributed by atoms with E-state index in [9.17, 15) is 9.18 Å². The molecule has 1 aromatic carbocycles. The van der Waals surface area contributed by atoms with Gasteiger partial charge in [-0.25, -0.2) is 9.38 Å². The molecule has 0 spiro atoms. The Balaban J connectivity index is 0.00000392.